The summed E-state index contributed by atoms with van der Waals surface area (Å²) < 4.78 is 4.96. The lowest BCUT2D eigenvalue weighted by molar-refractivity contribution is -0.131. The first-order valence-corrected chi connectivity index (χ1v) is 10.4. The molecule has 1 fully saturated rings. The summed E-state index contributed by atoms with van der Waals surface area (Å²) in [5.41, 5.74) is 5.58. The zero-order valence-electron chi connectivity index (χ0n) is 16.3. The van der Waals surface area contributed by atoms with Crippen LogP contribution in [-0.4, -0.2) is 81.3 Å². The third kappa shape index (κ3) is 5.78. The first-order chi connectivity index (χ1) is 13.8. The summed E-state index contributed by atoms with van der Waals surface area (Å²) in [6.45, 7) is 1.02. The van der Waals surface area contributed by atoms with Crippen molar-refractivity contribution in [2.45, 2.75) is 36.9 Å². The number of ether oxygens (including phenoxy) is 1. The van der Waals surface area contributed by atoms with E-state index in [-0.39, 0.29) is 35.4 Å². The van der Waals surface area contributed by atoms with Crippen molar-refractivity contribution < 1.29 is 34.6 Å². The Labute approximate surface area is 174 Å². The maximum Gasteiger partial charge on any atom is 0.465 e. The van der Waals surface area contributed by atoms with Crippen LogP contribution in [-0.2, 0) is 11.2 Å². The van der Waals surface area contributed by atoms with Crippen molar-refractivity contribution >= 4 is 30.8 Å². The minimum absolute atomic E-state index is 0.000558. The van der Waals surface area contributed by atoms with Gasteiger partial charge in [0.1, 0.15) is 17.1 Å². The second-order valence-electron chi connectivity index (χ2n) is 6.90. The fraction of sp³-hybridized carbons (Fsp3) is 0.556. The normalized spacial score (nSPS) is 17.7. The van der Waals surface area contributed by atoms with E-state index in [1.807, 2.05) is 0 Å². The number of carbonyl (C=O) groups is 2. The maximum atomic E-state index is 12.6. The molecule has 1 amide bonds. The monoisotopic (exact) mass is 426 g/mol. The molecule has 1 aliphatic heterocycles. The molecule has 1 aromatic rings. The molecule has 6 N–H and O–H groups in total. The molecule has 0 aliphatic carbocycles. The lowest BCUT2D eigenvalue weighted by atomic mass is 9.81. The van der Waals surface area contributed by atoms with E-state index in [9.17, 15) is 29.9 Å². The first kappa shape index (κ1) is 23.3. The number of carboxylic acids is 1. The van der Waals surface area contributed by atoms with E-state index in [0.29, 0.717) is 13.1 Å². The van der Waals surface area contributed by atoms with Crippen LogP contribution in [0.5, 0.6) is 11.5 Å². The second-order valence-corrected chi connectivity index (χ2v) is 8.12. The number of carbonyl (C=O) groups excluding carboxylic acids is 1. The Morgan fingerprint density at radius 2 is 2.10 bits per heavy atom. The van der Waals surface area contributed by atoms with Crippen molar-refractivity contribution in [2.75, 3.05) is 26.0 Å². The minimum atomic E-state index is -1.76. The van der Waals surface area contributed by atoms with Gasteiger partial charge in [-0.1, -0.05) is 6.07 Å². The number of hydrogen-bond acceptors (Lipinski definition) is 8. The van der Waals surface area contributed by atoms with Gasteiger partial charge in [-0.2, -0.15) is 11.8 Å². The number of aromatic carboxylic acids is 1. The lowest BCUT2D eigenvalue weighted by Crippen LogP contribution is -2.48. The summed E-state index contributed by atoms with van der Waals surface area (Å²) in [5.74, 6) is -1.94. The SMILES string of the molecule is COc1ccc(C[C@H](SCC(=O)N2CCCCC2CN)B(O)O)c(O)c1C(=O)O. The summed E-state index contributed by atoms with van der Waals surface area (Å²) in [4.78, 5) is 25.7. The lowest BCUT2D eigenvalue weighted by Gasteiger charge is -2.35. The molecule has 9 nitrogen and oxygen atoms in total. The quantitative estimate of drug-likeness (QED) is 0.346. The minimum Gasteiger partial charge on any atom is -0.507 e. The molecule has 1 unspecified atom stereocenters. The molecule has 160 valence electrons. The van der Waals surface area contributed by atoms with E-state index in [2.05, 4.69) is 0 Å². The highest BCUT2D eigenvalue weighted by molar-refractivity contribution is 8.01. The zero-order valence-corrected chi connectivity index (χ0v) is 17.1. The van der Waals surface area contributed by atoms with Gasteiger partial charge in [-0.3, -0.25) is 4.79 Å². The molecular formula is C18H27BN2O7S. The number of phenols is 1. The van der Waals surface area contributed by atoms with Crippen LogP contribution in [0.15, 0.2) is 12.1 Å². The van der Waals surface area contributed by atoms with E-state index in [1.54, 1.807) is 4.90 Å². The highest BCUT2D eigenvalue weighted by Crippen LogP contribution is 2.33. The Morgan fingerprint density at radius 1 is 1.38 bits per heavy atom. The van der Waals surface area contributed by atoms with Gasteiger partial charge in [0.05, 0.1) is 12.9 Å². The van der Waals surface area contributed by atoms with Crippen molar-refractivity contribution in [3.05, 3.63) is 23.3 Å². The van der Waals surface area contributed by atoms with Gasteiger partial charge in [-0.15, -0.1) is 0 Å². The van der Waals surface area contributed by atoms with Crippen molar-refractivity contribution in [1.29, 1.82) is 0 Å². The molecule has 1 heterocycles. The number of nitrogens with zero attached hydrogens (tertiary/aromatic N) is 1. The molecule has 0 spiro atoms. The molecular weight excluding hydrogens is 399 g/mol. The molecule has 1 aromatic carbocycles. The topological polar surface area (TPSA) is 154 Å². The number of hydrogen-bond donors (Lipinski definition) is 5. The van der Waals surface area contributed by atoms with Crippen LogP contribution in [0.2, 0.25) is 0 Å². The van der Waals surface area contributed by atoms with Crippen LogP contribution in [0.4, 0.5) is 0 Å². The van der Waals surface area contributed by atoms with Crippen LogP contribution in [0.1, 0.15) is 35.2 Å². The molecule has 1 aliphatic rings. The van der Waals surface area contributed by atoms with E-state index >= 15 is 0 Å². The van der Waals surface area contributed by atoms with E-state index < -0.39 is 29.5 Å². The maximum absolute atomic E-state index is 12.6. The average molecular weight is 426 g/mol. The van der Waals surface area contributed by atoms with Crippen LogP contribution < -0.4 is 10.5 Å². The molecule has 2 atom stereocenters. The number of rotatable bonds is 9. The largest absolute Gasteiger partial charge is 0.507 e. The Balaban J connectivity index is 2.10. The molecule has 11 heteroatoms. The van der Waals surface area contributed by atoms with E-state index in [4.69, 9.17) is 10.5 Å². The predicted molar refractivity (Wildman–Crippen MR) is 110 cm³/mol. The van der Waals surface area contributed by atoms with Gasteiger partial charge in [0.2, 0.25) is 5.91 Å². The average Bonchev–Trinajstić information content (AvgIpc) is 2.70. The van der Waals surface area contributed by atoms with Crippen LogP contribution in [0.3, 0.4) is 0 Å². The summed E-state index contributed by atoms with van der Waals surface area (Å²) in [5, 5.41) is 38.3. The molecule has 0 bridgehead atoms. The molecule has 0 radical (unpaired) electrons. The van der Waals surface area contributed by atoms with Crippen LogP contribution in [0.25, 0.3) is 0 Å². The number of benzene rings is 1. The van der Waals surface area contributed by atoms with Gasteiger partial charge in [0, 0.05) is 24.3 Å². The summed E-state index contributed by atoms with van der Waals surface area (Å²) >= 11 is 1.05. The summed E-state index contributed by atoms with van der Waals surface area (Å²) in [7, 11) is -0.466. The van der Waals surface area contributed by atoms with Gasteiger partial charge in [0.15, 0.2) is 0 Å². The summed E-state index contributed by atoms with van der Waals surface area (Å²) in [6, 6.07) is 2.86. The van der Waals surface area contributed by atoms with Crippen molar-refractivity contribution in [2.24, 2.45) is 5.73 Å². The number of amides is 1. The van der Waals surface area contributed by atoms with Gasteiger partial charge >= 0.3 is 13.1 Å². The number of nitrogens with two attached hydrogens (primary N) is 1. The number of aromatic hydroxyl groups is 1. The van der Waals surface area contributed by atoms with Crippen LogP contribution >= 0.6 is 11.8 Å². The zero-order chi connectivity index (χ0) is 21.6. The van der Waals surface area contributed by atoms with E-state index in [1.165, 1.54) is 19.2 Å². The summed E-state index contributed by atoms with van der Waals surface area (Å²) in [6.07, 6.45) is 2.76. The number of methoxy groups -OCH3 is 1. The van der Waals surface area contributed by atoms with Crippen LogP contribution in [0, 0.1) is 0 Å². The molecule has 29 heavy (non-hydrogen) atoms. The molecule has 0 saturated carbocycles. The van der Waals surface area contributed by atoms with Crippen molar-refractivity contribution in [3.8, 4) is 11.5 Å². The first-order valence-electron chi connectivity index (χ1n) is 9.39. The number of likely N-dealkylation sites (tertiary alicyclic amines) is 1. The van der Waals surface area contributed by atoms with Crippen molar-refractivity contribution in [1.82, 2.24) is 4.90 Å². The van der Waals surface area contributed by atoms with Gasteiger partial charge < -0.3 is 35.6 Å². The van der Waals surface area contributed by atoms with Gasteiger partial charge in [0.25, 0.3) is 0 Å². The third-order valence-electron chi connectivity index (χ3n) is 5.05. The standard InChI is InChI=1S/C18H27BN2O7S/c1-28-13-6-5-11(17(23)16(13)18(24)25)8-14(19(26)27)29-10-15(22)21-7-3-2-4-12(21)9-20/h5-6,12,14,23,26-27H,2-4,7-10,20H2,1H3,(H,24,25)/t12?,14-/m0/s1. The Morgan fingerprint density at radius 3 is 2.69 bits per heavy atom. The Hall–Kier alpha value is -1.95. The number of piperidine rings is 1. The third-order valence-corrected chi connectivity index (χ3v) is 6.30. The molecule has 2 rings (SSSR count). The Kier molecular flexibility index (Phi) is 8.63. The molecule has 1 saturated heterocycles. The molecule has 0 aromatic heterocycles. The van der Waals surface area contributed by atoms with Gasteiger partial charge in [-0.05, 0) is 37.3 Å². The predicted octanol–water partition coefficient (Wildman–Crippen LogP) is 0.0951. The number of thioether (sulfide) groups is 1. The Bertz CT molecular complexity index is 734. The fourth-order valence-corrected chi connectivity index (χ4v) is 4.45. The highest BCUT2D eigenvalue weighted by Gasteiger charge is 2.31. The number of carboxylic acid groups (broad SMARTS) is 1. The smallest absolute Gasteiger partial charge is 0.465 e. The van der Waals surface area contributed by atoms with E-state index in [0.717, 1.165) is 31.0 Å². The second kappa shape index (κ2) is 10.7. The van der Waals surface area contributed by atoms with Gasteiger partial charge in [-0.25, -0.2) is 4.79 Å². The van der Waals surface area contributed by atoms with Crippen molar-refractivity contribution in [3.63, 3.8) is 0 Å². The fourth-order valence-electron chi connectivity index (χ4n) is 3.46. The highest BCUT2D eigenvalue weighted by atomic mass is 32.2.